The van der Waals surface area contributed by atoms with E-state index in [0.717, 1.165) is 25.4 Å². The Morgan fingerprint density at radius 2 is 2.13 bits per heavy atom. The van der Waals surface area contributed by atoms with E-state index < -0.39 is 0 Å². The van der Waals surface area contributed by atoms with Gasteiger partial charge in [0.25, 0.3) is 0 Å². The van der Waals surface area contributed by atoms with Crippen molar-refractivity contribution in [2.24, 2.45) is 0 Å². The highest BCUT2D eigenvalue weighted by molar-refractivity contribution is 7.99. The first-order valence-corrected chi connectivity index (χ1v) is 6.61. The maximum absolute atomic E-state index is 5.51. The SMILES string of the molecule is CCOc1cccc(N2CCSCC2)c1. The Balaban J connectivity index is 2.09. The third-order valence-corrected chi connectivity index (χ3v) is 3.45. The molecule has 0 spiro atoms. The summed E-state index contributed by atoms with van der Waals surface area (Å²) in [5.74, 6) is 3.45. The molecular formula is C12H17NOS. The second kappa shape index (κ2) is 5.31. The van der Waals surface area contributed by atoms with Crippen LogP contribution in [-0.4, -0.2) is 31.2 Å². The molecule has 0 N–H and O–H groups in total. The molecule has 2 rings (SSSR count). The summed E-state index contributed by atoms with van der Waals surface area (Å²) in [7, 11) is 0. The fourth-order valence-corrected chi connectivity index (χ4v) is 2.66. The van der Waals surface area contributed by atoms with Gasteiger partial charge in [0.05, 0.1) is 6.61 Å². The second-order valence-electron chi connectivity index (χ2n) is 3.53. The van der Waals surface area contributed by atoms with Gasteiger partial charge in [-0.05, 0) is 19.1 Å². The first-order valence-electron chi connectivity index (χ1n) is 5.45. The number of ether oxygens (including phenoxy) is 1. The Labute approximate surface area is 95.6 Å². The van der Waals surface area contributed by atoms with Crippen LogP contribution in [0.25, 0.3) is 0 Å². The smallest absolute Gasteiger partial charge is 0.121 e. The van der Waals surface area contributed by atoms with Crippen LogP contribution in [0.15, 0.2) is 24.3 Å². The largest absolute Gasteiger partial charge is 0.494 e. The predicted molar refractivity (Wildman–Crippen MR) is 67.1 cm³/mol. The van der Waals surface area contributed by atoms with Gasteiger partial charge >= 0.3 is 0 Å². The molecule has 82 valence electrons. The van der Waals surface area contributed by atoms with Gasteiger partial charge in [-0.1, -0.05) is 6.07 Å². The van der Waals surface area contributed by atoms with Crippen molar-refractivity contribution in [3.8, 4) is 5.75 Å². The zero-order valence-corrected chi connectivity index (χ0v) is 9.93. The molecule has 0 saturated carbocycles. The lowest BCUT2D eigenvalue weighted by molar-refractivity contribution is 0.340. The molecule has 3 heteroatoms. The van der Waals surface area contributed by atoms with Gasteiger partial charge in [0.15, 0.2) is 0 Å². The molecule has 0 amide bonds. The highest BCUT2D eigenvalue weighted by Crippen LogP contribution is 2.23. The second-order valence-corrected chi connectivity index (χ2v) is 4.75. The van der Waals surface area contributed by atoms with Crippen molar-refractivity contribution in [2.45, 2.75) is 6.92 Å². The van der Waals surface area contributed by atoms with Gasteiger partial charge < -0.3 is 9.64 Å². The molecule has 0 aromatic heterocycles. The van der Waals surface area contributed by atoms with Crippen LogP contribution in [0.4, 0.5) is 5.69 Å². The molecule has 0 bridgehead atoms. The van der Waals surface area contributed by atoms with E-state index in [1.54, 1.807) is 0 Å². The fraction of sp³-hybridized carbons (Fsp3) is 0.500. The van der Waals surface area contributed by atoms with Crippen molar-refractivity contribution in [1.29, 1.82) is 0 Å². The van der Waals surface area contributed by atoms with E-state index in [1.165, 1.54) is 17.2 Å². The standard InChI is InChI=1S/C12H17NOS/c1-2-14-12-5-3-4-11(10-12)13-6-8-15-9-7-13/h3-5,10H,2,6-9H2,1H3. The summed E-state index contributed by atoms with van der Waals surface area (Å²) in [6.45, 7) is 5.06. The number of anilines is 1. The van der Waals surface area contributed by atoms with Crippen LogP contribution >= 0.6 is 11.8 Å². The van der Waals surface area contributed by atoms with Gasteiger partial charge in [0.2, 0.25) is 0 Å². The Morgan fingerprint density at radius 1 is 1.33 bits per heavy atom. The van der Waals surface area contributed by atoms with Gasteiger partial charge in [-0.2, -0.15) is 11.8 Å². The Bertz CT molecular complexity index is 310. The van der Waals surface area contributed by atoms with E-state index in [-0.39, 0.29) is 0 Å². The molecule has 1 saturated heterocycles. The maximum Gasteiger partial charge on any atom is 0.121 e. The Morgan fingerprint density at radius 3 is 2.87 bits per heavy atom. The molecule has 1 heterocycles. The first kappa shape index (κ1) is 10.7. The summed E-state index contributed by atoms with van der Waals surface area (Å²) in [6.07, 6.45) is 0. The molecule has 15 heavy (non-hydrogen) atoms. The summed E-state index contributed by atoms with van der Waals surface area (Å²) < 4.78 is 5.51. The molecule has 0 unspecified atom stereocenters. The van der Waals surface area contributed by atoms with Crippen LogP contribution in [0, 0.1) is 0 Å². The molecule has 1 aromatic carbocycles. The first-order chi connectivity index (χ1) is 7.40. The average Bonchev–Trinajstić information content (AvgIpc) is 2.31. The molecule has 1 fully saturated rings. The zero-order valence-electron chi connectivity index (χ0n) is 9.11. The fourth-order valence-electron chi connectivity index (χ4n) is 1.76. The van der Waals surface area contributed by atoms with Crippen LogP contribution in [-0.2, 0) is 0 Å². The van der Waals surface area contributed by atoms with E-state index in [0.29, 0.717) is 0 Å². The van der Waals surface area contributed by atoms with E-state index in [4.69, 9.17) is 4.74 Å². The Kier molecular flexibility index (Phi) is 3.78. The molecule has 2 nitrogen and oxygen atoms in total. The monoisotopic (exact) mass is 223 g/mol. The lowest BCUT2D eigenvalue weighted by atomic mass is 10.2. The Hall–Kier alpha value is -0.830. The number of nitrogens with zero attached hydrogens (tertiary/aromatic N) is 1. The number of hydrogen-bond acceptors (Lipinski definition) is 3. The highest BCUT2D eigenvalue weighted by atomic mass is 32.2. The van der Waals surface area contributed by atoms with Crippen molar-refractivity contribution in [1.82, 2.24) is 0 Å². The van der Waals surface area contributed by atoms with Crippen LogP contribution in [0.1, 0.15) is 6.92 Å². The van der Waals surface area contributed by atoms with E-state index in [2.05, 4.69) is 23.1 Å². The minimum Gasteiger partial charge on any atom is -0.494 e. The maximum atomic E-state index is 5.51. The molecular weight excluding hydrogens is 206 g/mol. The number of hydrogen-bond donors (Lipinski definition) is 0. The van der Waals surface area contributed by atoms with Crippen molar-refractivity contribution in [3.63, 3.8) is 0 Å². The van der Waals surface area contributed by atoms with Gasteiger partial charge in [0, 0.05) is 36.3 Å². The molecule has 1 aliphatic heterocycles. The summed E-state index contributed by atoms with van der Waals surface area (Å²) in [5, 5.41) is 0. The van der Waals surface area contributed by atoms with E-state index in [1.807, 2.05) is 24.8 Å². The molecule has 0 atom stereocenters. The summed E-state index contributed by atoms with van der Waals surface area (Å²) in [4.78, 5) is 2.43. The van der Waals surface area contributed by atoms with Crippen molar-refractivity contribution in [2.75, 3.05) is 36.1 Å². The minimum atomic E-state index is 0.735. The summed E-state index contributed by atoms with van der Waals surface area (Å²) in [6, 6.07) is 8.39. The highest BCUT2D eigenvalue weighted by Gasteiger charge is 2.11. The molecule has 0 aliphatic carbocycles. The third-order valence-electron chi connectivity index (χ3n) is 2.50. The molecule has 0 radical (unpaired) electrons. The minimum absolute atomic E-state index is 0.735. The van der Waals surface area contributed by atoms with Crippen LogP contribution in [0.5, 0.6) is 5.75 Å². The van der Waals surface area contributed by atoms with E-state index in [9.17, 15) is 0 Å². The number of benzene rings is 1. The number of thioether (sulfide) groups is 1. The van der Waals surface area contributed by atoms with E-state index >= 15 is 0 Å². The van der Waals surface area contributed by atoms with Crippen LogP contribution < -0.4 is 9.64 Å². The van der Waals surface area contributed by atoms with Gasteiger partial charge in [-0.15, -0.1) is 0 Å². The molecule has 1 aromatic rings. The quantitative estimate of drug-likeness (QED) is 0.781. The zero-order chi connectivity index (χ0) is 10.5. The lowest BCUT2D eigenvalue weighted by Gasteiger charge is -2.28. The molecule has 1 aliphatic rings. The van der Waals surface area contributed by atoms with Crippen molar-refractivity contribution < 1.29 is 4.74 Å². The normalized spacial score (nSPS) is 16.5. The van der Waals surface area contributed by atoms with Crippen LogP contribution in [0.2, 0.25) is 0 Å². The van der Waals surface area contributed by atoms with Crippen LogP contribution in [0.3, 0.4) is 0 Å². The average molecular weight is 223 g/mol. The van der Waals surface area contributed by atoms with Gasteiger partial charge in [-0.3, -0.25) is 0 Å². The van der Waals surface area contributed by atoms with Crippen molar-refractivity contribution >= 4 is 17.4 Å². The van der Waals surface area contributed by atoms with Crippen molar-refractivity contribution in [3.05, 3.63) is 24.3 Å². The lowest BCUT2D eigenvalue weighted by Crippen LogP contribution is -2.32. The van der Waals surface area contributed by atoms with Gasteiger partial charge in [0.1, 0.15) is 5.75 Å². The predicted octanol–water partition coefficient (Wildman–Crippen LogP) is 2.64. The summed E-state index contributed by atoms with van der Waals surface area (Å²) >= 11 is 2.03. The third kappa shape index (κ3) is 2.81. The topological polar surface area (TPSA) is 12.5 Å². The summed E-state index contributed by atoms with van der Waals surface area (Å²) in [5.41, 5.74) is 1.29. The number of rotatable bonds is 3. The van der Waals surface area contributed by atoms with Gasteiger partial charge in [-0.25, -0.2) is 0 Å².